The molecule has 2 nitrogen and oxygen atoms in total. The molecule has 2 atom stereocenters. The van der Waals surface area contributed by atoms with Gasteiger partial charge in [-0.2, -0.15) is 0 Å². The van der Waals surface area contributed by atoms with Gasteiger partial charge in [0.1, 0.15) is 6.07 Å². The third-order valence-electron chi connectivity index (χ3n) is 2.81. The molecule has 0 spiro atoms. The molecule has 0 aliphatic heterocycles. The molecule has 1 aromatic carbocycles. The van der Waals surface area contributed by atoms with Gasteiger partial charge < -0.3 is 9.84 Å². The SMILES string of the molecule is CC(C)Cc1ccc(C(C)C(O)OCCl)cc1. The van der Waals surface area contributed by atoms with Crippen LogP contribution < -0.4 is 0 Å². The van der Waals surface area contributed by atoms with Crippen LogP contribution >= 0.6 is 11.6 Å². The van der Waals surface area contributed by atoms with Gasteiger partial charge in [-0.15, -0.1) is 0 Å². The van der Waals surface area contributed by atoms with Crippen LogP contribution in [0.2, 0.25) is 0 Å². The van der Waals surface area contributed by atoms with E-state index in [0.29, 0.717) is 5.92 Å². The lowest BCUT2D eigenvalue weighted by Crippen LogP contribution is -2.19. The first-order valence-corrected chi connectivity index (χ1v) is 6.52. The van der Waals surface area contributed by atoms with Crippen molar-refractivity contribution in [2.75, 3.05) is 6.07 Å². The molecule has 2 unspecified atom stereocenters. The number of halogens is 1. The zero-order valence-corrected chi connectivity index (χ0v) is 11.4. The molecule has 1 rings (SSSR count). The highest BCUT2D eigenvalue weighted by Crippen LogP contribution is 2.21. The number of aliphatic hydroxyl groups is 1. The molecule has 0 aromatic heterocycles. The topological polar surface area (TPSA) is 29.5 Å². The predicted octanol–water partition coefficient (Wildman–Crippen LogP) is 3.52. The number of alkyl halides is 1. The summed E-state index contributed by atoms with van der Waals surface area (Å²) >= 11 is 5.43. The molecule has 0 amide bonds. The molecule has 0 radical (unpaired) electrons. The van der Waals surface area contributed by atoms with Crippen LogP contribution in [0.1, 0.15) is 37.8 Å². The highest BCUT2D eigenvalue weighted by atomic mass is 35.5. The Hall–Kier alpha value is -0.570. The summed E-state index contributed by atoms with van der Waals surface area (Å²) in [6.07, 6.45) is 0.235. The van der Waals surface area contributed by atoms with Crippen LogP contribution in [0.5, 0.6) is 0 Å². The molecule has 96 valence electrons. The van der Waals surface area contributed by atoms with E-state index < -0.39 is 6.29 Å². The maximum atomic E-state index is 9.68. The Bertz CT molecular complexity index is 321. The minimum atomic E-state index is -0.844. The lowest BCUT2D eigenvalue weighted by molar-refractivity contribution is -0.0957. The molecule has 17 heavy (non-hydrogen) atoms. The predicted molar refractivity (Wildman–Crippen MR) is 71.2 cm³/mol. The fourth-order valence-corrected chi connectivity index (χ4v) is 1.93. The summed E-state index contributed by atoms with van der Waals surface area (Å²) in [7, 11) is 0. The van der Waals surface area contributed by atoms with Gasteiger partial charge in [-0.25, -0.2) is 0 Å². The van der Waals surface area contributed by atoms with E-state index in [1.54, 1.807) is 0 Å². The molecule has 0 saturated carbocycles. The largest absolute Gasteiger partial charge is 0.367 e. The van der Waals surface area contributed by atoms with Gasteiger partial charge in [0.2, 0.25) is 0 Å². The Labute approximate surface area is 109 Å². The number of rotatable bonds is 6. The minimum Gasteiger partial charge on any atom is -0.367 e. The third kappa shape index (κ3) is 4.66. The molecule has 0 aliphatic rings. The lowest BCUT2D eigenvalue weighted by atomic mass is 9.96. The summed E-state index contributed by atoms with van der Waals surface area (Å²) in [4.78, 5) is 0. The van der Waals surface area contributed by atoms with Crippen LogP contribution in [-0.2, 0) is 11.2 Å². The van der Waals surface area contributed by atoms with Crippen molar-refractivity contribution in [1.82, 2.24) is 0 Å². The smallest absolute Gasteiger partial charge is 0.162 e. The first-order chi connectivity index (χ1) is 8.04. The molecular formula is C14H21ClO2. The first kappa shape index (κ1) is 14.5. The standard InChI is InChI=1S/C14H21ClO2/c1-10(2)8-12-4-6-13(7-5-12)11(3)14(16)17-9-15/h4-7,10-11,14,16H,8-9H2,1-3H3. The van der Waals surface area contributed by atoms with Crippen LogP contribution in [0.4, 0.5) is 0 Å². The second kappa shape index (κ2) is 7.00. The Morgan fingerprint density at radius 1 is 1.18 bits per heavy atom. The maximum Gasteiger partial charge on any atom is 0.162 e. The van der Waals surface area contributed by atoms with E-state index in [0.717, 1.165) is 12.0 Å². The second-order valence-corrected chi connectivity index (χ2v) is 5.01. The number of hydrogen-bond donors (Lipinski definition) is 1. The Morgan fingerprint density at radius 3 is 2.24 bits per heavy atom. The average Bonchev–Trinajstić information content (AvgIpc) is 2.28. The summed E-state index contributed by atoms with van der Waals surface area (Å²) < 4.78 is 4.97. The lowest BCUT2D eigenvalue weighted by Gasteiger charge is -2.18. The number of aliphatic hydroxyl groups excluding tert-OH is 1. The van der Waals surface area contributed by atoms with Crippen molar-refractivity contribution >= 4 is 11.6 Å². The molecule has 0 heterocycles. The molecular weight excluding hydrogens is 236 g/mol. The van der Waals surface area contributed by atoms with Crippen molar-refractivity contribution in [3.63, 3.8) is 0 Å². The fourth-order valence-electron chi connectivity index (χ4n) is 1.80. The van der Waals surface area contributed by atoms with E-state index in [4.69, 9.17) is 16.3 Å². The minimum absolute atomic E-state index is 0.0109. The molecule has 3 heteroatoms. The Kier molecular flexibility index (Phi) is 5.96. The molecule has 0 fully saturated rings. The van der Waals surface area contributed by atoms with Crippen LogP contribution in [0.3, 0.4) is 0 Å². The van der Waals surface area contributed by atoms with Gasteiger partial charge in [0, 0.05) is 5.92 Å². The molecule has 0 bridgehead atoms. The van der Waals surface area contributed by atoms with Gasteiger partial charge in [-0.1, -0.05) is 56.6 Å². The Morgan fingerprint density at radius 2 is 1.76 bits per heavy atom. The summed E-state index contributed by atoms with van der Waals surface area (Å²) in [6, 6.07) is 8.32. The highest BCUT2D eigenvalue weighted by molar-refractivity contribution is 6.17. The van der Waals surface area contributed by atoms with Crippen molar-refractivity contribution in [3.8, 4) is 0 Å². The molecule has 1 aromatic rings. The van der Waals surface area contributed by atoms with Gasteiger partial charge in [0.25, 0.3) is 0 Å². The van der Waals surface area contributed by atoms with Crippen LogP contribution in [0, 0.1) is 5.92 Å². The Balaban J connectivity index is 2.66. The van der Waals surface area contributed by atoms with E-state index in [1.807, 2.05) is 19.1 Å². The van der Waals surface area contributed by atoms with Gasteiger partial charge in [0.15, 0.2) is 6.29 Å². The number of hydrogen-bond acceptors (Lipinski definition) is 2. The van der Waals surface area contributed by atoms with E-state index in [1.165, 1.54) is 5.56 Å². The summed E-state index contributed by atoms with van der Waals surface area (Å²) in [5.74, 6) is 0.588. The third-order valence-corrected chi connectivity index (χ3v) is 2.94. The van der Waals surface area contributed by atoms with Crippen molar-refractivity contribution in [2.24, 2.45) is 5.92 Å². The van der Waals surface area contributed by atoms with Crippen LogP contribution in [0.15, 0.2) is 24.3 Å². The fraction of sp³-hybridized carbons (Fsp3) is 0.571. The van der Waals surface area contributed by atoms with Crippen molar-refractivity contribution < 1.29 is 9.84 Å². The monoisotopic (exact) mass is 256 g/mol. The molecule has 0 aliphatic carbocycles. The quantitative estimate of drug-likeness (QED) is 0.623. The van der Waals surface area contributed by atoms with Crippen LogP contribution in [0.25, 0.3) is 0 Å². The summed E-state index contributed by atoms with van der Waals surface area (Å²) in [6.45, 7) is 6.33. The maximum absolute atomic E-state index is 9.68. The van der Waals surface area contributed by atoms with E-state index in [-0.39, 0.29) is 12.0 Å². The summed E-state index contributed by atoms with van der Waals surface area (Å²) in [5, 5.41) is 9.68. The van der Waals surface area contributed by atoms with Crippen LogP contribution in [-0.4, -0.2) is 17.5 Å². The van der Waals surface area contributed by atoms with Crippen molar-refractivity contribution in [3.05, 3.63) is 35.4 Å². The molecule has 0 saturated heterocycles. The zero-order chi connectivity index (χ0) is 12.8. The number of ether oxygens (including phenoxy) is 1. The van der Waals surface area contributed by atoms with Crippen molar-refractivity contribution in [2.45, 2.75) is 39.4 Å². The normalized spacial score (nSPS) is 14.9. The van der Waals surface area contributed by atoms with E-state index in [2.05, 4.69) is 26.0 Å². The van der Waals surface area contributed by atoms with Gasteiger partial charge in [0.05, 0.1) is 0 Å². The van der Waals surface area contributed by atoms with Gasteiger partial charge in [-0.3, -0.25) is 0 Å². The number of benzene rings is 1. The molecule has 1 N–H and O–H groups in total. The second-order valence-electron chi connectivity index (χ2n) is 4.79. The highest BCUT2D eigenvalue weighted by Gasteiger charge is 2.16. The van der Waals surface area contributed by atoms with Gasteiger partial charge in [-0.05, 0) is 23.5 Å². The van der Waals surface area contributed by atoms with E-state index >= 15 is 0 Å². The van der Waals surface area contributed by atoms with Gasteiger partial charge >= 0.3 is 0 Å². The first-order valence-electron chi connectivity index (χ1n) is 5.99. The van der Waals surface area contributed by atoms with Crippen molar-refractivity contribution in [1.29, 1.82) is 0 Å². The zero-order valence-electron chi connectivity index (χ0n) is 10.7. The summed E-state index contributed by atoms with van der Waals surface area (Å²) in [5.41, 5.74) is 2.39. The van der Waals surface area contributed by atoms with E-state index in [9.17, 15) is 5.11 Å². The average molecular weight is 257 g/mol.